The van der Waals surface area contributed by atoms with Crippen LogP contribution in [0, 0.1) is 12.7 Å². The Hall–Kier alpha value is -1.68. The predicted molar refractivity (Wildman–Crippen MR) is 67.7 cm³/mol. The van der Waals surface area contributed by atoms with Gasteiger partial charge in [0.25, 0.3) is 0 Å². The van der Waals surface area contributed by atoms with Gasteiger partial charge in [-0.3, -0.25) is 4.68 Å². The van der Waals surface area contributed by atoms with Crippen LogP contribution in [0.1, 0.15) is 36.3 Å². The van der Waals surface area contributed by atoms with Crippen LogP contribution in [-0.2, 0) is 6.54 Å². The largest absolute Gasteiger partial charge is 0.382 e. The lowest BCUT2D eigenvalue weighted by Gasteiger charge is -2.14. The first-order valence-electron chi connectivity index (χ1n) is 6.08. The second-order valence-corrected chi connectivity index (χ2v) is 4.44. The normalized spacial score (nSPS) is 12.7. The molecule has 1 heterocycles. The number of hydrogen-bond donors (Lipinski definition) is 1. The van der Waals surface area contributed by atoms with Gasteiger partial charge in [-0.25, -0.2) is 4.39 Å². The lowest BCUT2D eigenvalue weighted by Crippen LogP contribution is -2.10. The molecule has 3 nitrogen and oxygen atoms in total. The van der Waals surface area contributed by atoms with Gasteiger partial charge in [-0.15, -0.1) is 0 Å². The molecule has 1 N–H and O–H groups in total. The fourth-order valence-electron chi connectivity index (χ4n) is 2.07. The first kappa shape index (κ1) is 12.8. The van der Waals surface area contributed by atoms with Gasteiger partial charge in [0.15, 0.2) is 0 Å². The average molecular weight is 248 g/mol. The maximum absolute atomic E-state index is 13.3. The molecule has 2 rings (SSSR count). The summed E-state index contributed by atoms with van der Waals surface area (Å²) in [6.07, 6.45) is 1.75. The average Bonchev–Trinajstić information content (AvgIpc) is 2.75. The van der Waals surface area contributed by atoms with Crippen LogP contribution in [0.3, 0.4) is 0 Å². The van der Waals surface area contributed by atoms with E-state index in [4.69, 9.17) is 0 Å². The number of hydrogen-bond acceptors (Lipinski definition) is 2. The Kier molecular flexibility index (Phi) is 3.77. The third-order valence-corrected chi connectivity index (χ3v) is 2.85. The van der Waals surface area contributed by atoms with Crippen molar-refractivity contribution in [3.8, 4) is 0 Å². The third kappa shape index (κ3) is 2.59. The molecule has 0 spiro atoms. The van der Waals surface area contributed by atoms with Gasteiger partial charge in [0.2, 0.25) is 0 Å². The summed E-state index contributed by atoms with van der Waals surface area (Å²) in [5.74, 6) is -0.328. The Labute approximate surface area is 106 Å². The highest BCUT2D eigenvalue weighted by atomic mass is 19.1. The lowest BCUT2D eigenvalue weighted by atomic mass is 10.0. The van der Waals surface area contributed by atoms with Gasteiger partial charge >= 0.3 is 0 Å². The van der Waals surface area contributed by atoms with E-state index in [0.717, 1.165) is 18.5 Å². The van der Waals surface area contributed by atoms with Crippen LogP contribution < -0.4 is 0 Å². The van der Waals surface area contributed by atoms with Crippen molar-refractivity contribution >= 4 is 0 Å². The SMILES string of the molecule is CCCn1nccc1C(O)c1cc(C)cc(F)c1. The van der Waals surface area contributed by atoms with Crippen molar-refractivity contribution in [1.29, 1.82) is 0 Å². The number of rotatable bonds is 4. The van der Waals surface area contributed by atoms with Crippen molar-refractivity contribution in [3.63, 3.8) is 0 Å². The lowest BCUT2D eigenvalue weighted by molar-refractivity contribution is 0.207. The number of halogens is 1. The number of aliphatic hydroxyl groups is 1. The van der Waals surface area contributed by atoms with Gasteiger partial charge in [0.1, 0.15) is 11.9 Å². The molecule has 0 fully saturated rings. The van der Waals surface area contributed by atoms with E-state index in [9.17, 15) is 9.50 Å². The first-order chi connectivity index (χ1) is 8.61. The molecule has 0 aliphatic heterocycles. The van der Waals surface area contributed by atoms with Gasteiger partial charge in [-0.05, 0) is 42.7 Å². The molecule has 0 saturated heterocycles. The summed E-state index contributed by atoms with van der Waals surface area (Å²) < 4.78 is 15.1. The van der Waals surface area contributed by atoms with Crippen molar-refractivity contribution in [2.75, 3.05) is 0 Å². The van der Waals surface area contributed by atoms with E-state index in [2.05, 4.69) is 5.10 Å². The van der Waals surface area contributed by atoms with Gasteiger partial charge < -0.3 is 5.11 Å². The summed E-state index contributed by atoms with van der Waals surface area (Å²) in [5, 5.41) is 14.5. The minimum atomic E-state index is -0.839. The maximum atomic E-state index is 13.3. The summed E-state index contributed by atoms with van der Waals surface area (Å²) in [7, 11) is 0. The molecular formula is C14H17FN2O. The van der Waals surface area contributed by atoms with Crippen LogP contribution in [0.15, 0.2) is 30.5 Å². The molecule has 1 aromatic carbocycles. The zero-order valence-corrected chi connectivity index (χ0v) is 10.6. The Balaban J connectivity index is 2.34. The molecule has 1 unspecified atom stereocenters. The van der Waals surface area contributed by atoms with E-state index in [1.54, 1.807) is 23.0 Å². The summed E-state index contributed by atoms with van der Waals surface area (Å²) in [5.41, 5.74) is 2.05. The number of aromatic nitrogens is 2. The molecule has 0 amide bonds. The van der Waals surface area contributed by atoms with Crippen molar-refractivity contribution in [1.82, 2.24) is 9.78 Å². The molecule has 0 radical (unpaired) electrons. The Morgan fingerprint density at radius 2 is 2.17 bits per heavy atom. The summed E-state index contributed by atoms with van der Waals surface area (Å²) in [6.45, 7) is 4.60. The van der Waals surface area contributed by atoms with E-state index < -0.39 is 6.10 Å². The van der Waals surface area contributed by atoms with Crippen LogP contribution in [0.25, 0.3) is 0 Å². The van der Waals surface area contributed by atoms with E-state index in [-0.39, 0.29) is 5.82 Å². The van der Waals surface area contributed by atoms with Crippen LogP contribution in [0.4, 0.5) is 4.39 Å². The highest BCUT2D eigenvalue weighted by Gasteiger charge is 2.16. The van der Waals surface area contributed by atoms with Crippen LogP contribution >= 0.6 is 0 Å². The van der Waals surface area contributed by atoms with Gasteiger partial charge in [-0.1, -0.05) is 13.0 Å². The van der Waals surface area contributed by atoms with Gasteiger partial charge in [0, 0.05) is 12.7 Å². The standard InChI is InChI=1S/C14H17FN2O/c1-3-6-17-13(4-5-16-17)14(18)11-7-10(2)8-12(15)9-11/h4-5,7-9,14,18H,3,6H2,1-2H3. The summed E-state index contributed by atoms with van der Waals surface area (Å²) in [6, 6.07) is 6.36. The molecule has 0 aliphatic carbocycles. The first-order valence-corrected chi connectivity index (χ1v) is 6.08. The van der Waals surface area contributed by atoms with E-state index >= 15 is 0 Å². The molecule has 18 heavy (non-hydrogen) atoms. The van der Waals surface area contributed by atoms with Crippen LogP contribution in [-0.4, -0.2) is 14.9 Å². The summed E-state index contributed by atoms with van der Waals surface area (Å²) in [4.78, 5) is 0. The monoisotopic (exact) mass is 248 g/mol. The van der Waals surface area contributed by atoms with Gasteiger partial charge in [0.05, 0.1) is 5.69 Å². The van der Waals surface area contributed by atoms with E-state index in [0.29, 0.717) is 11.3 Å². The number of aliphatic hydroxyl groups excluding tert-OH is 1. The molecule has 0 saturated carbocycles. The van der Waals surface area contributed by atoms with Crippen molar-refractivity contribution in [2.45, 2.75) is 32.9 Å². The Morgan fingerprint density at radius 1 is 1.39 bits per heavy atom. The Bertz CT molecular complexity index is 516. The molecule has 0 aliphatic rings. The van der Waals surface area contributed by atoms with Crippen LogP contribution in [0.2, 0.25) is 0 Å². The Morgan fingerprint density at radius 3 is 2.83 bits per heavy atom. The quantitative estimate of drug-likeness (QED) is 0.903. The second-order valence-electron chi connectivity index (χ2n) is 4.44. The predicted octanol–water partition coefficient (Wildman–Crippen LogP) is 2.82. The maximum Gasteiger partial charge on any atom is 0.123 e. The molecule has 96 valence electrons. The molecule has 2 aromatic rings. The minimum Gasteiger partial charge on any atom is -0.382 e. The molecule has 1 atom stereocenters. The van der Waals surface area contributed by atoms with Gasteiger partial charge in [-0.2, -0.15) is 5.10 Å². The zero-order valence-electron chi connectivity index (χ0n) is 10.6. The summed E-state index contributed by atoms with van der Waals surface area (Å²) >= 11 is 0. The van der Waals surface area contributed by atoms with E-state index in [1.165, 1.54) is 12.1 Å². The fourth-order valence-corrected chi connectivity index (χ4v) is 2.07. The second kappa shape index (κ2) is 5.31. The fraction of sp³-hybridized carbons (Fsp3) is 0.357. The van der Waals surface area contributed by atoms with Crippen LogP contribution in [0.5, 0.6) is 0 Å². The molecule has 4 heteroatoms. The van der Waals surface area contributed by atoms with E-state index in [1.807, 2.05) is 13.8 Å². The van der Waals surface area contributed by atoms with Crippen molar-refractivity contribution in [2.24, 2.45) is 0 Å². The highest BCUT2D eigenvalue weighted by Crippen LogP contribution is 2.23. The smallest absolute Gasteiger partial charge is 0.123 e. The topological polar surface area (TPSA) is 38.0 Å². The number of nitrogens with zero attached hydrogens (tertiary/aromatic N) is 2. The molecular weight excluding hydrogens is 231 g/mol. The molecule has 0 bridgehead atoms. The number of benzene rings is 1. The van der Waals surface area contributed by atoms with Crippen molar-refractivity contribution in [3.05, 3.63) is 53.1 Å². The highest BCUT2D eigenvalue weighted by molar-refractivity contribution is 5.30. The minimum absolute atomic E-state index is 0.328. The number of aryl methyl sites for hydroxylation is 2. The van der Waals surface area contributed by atoms with Crippen molar-refractivity contribution < 1.29 is 9.50 Å². The molecule has 1 aromatic heterocycles. The third-order valence-electron chi connectivity index (χ3n) is 2.85. The zero-order chi connectivity index (χ0) is 13.1.